The van der Waals surface area contributed by atoms with Crippen molar-refractivity contribution in [3.8, 4) is 0 Å². The fourth-order valence-electron chi connectivity index (χ4n) is 2.25. The van der Waals surface area contributed by atoms with Crippen molar-refractivity contribution in [2.24, 2.45) is 0 Å². The van der Waals surface area contributed by atoms with Gasteiger partial charge in [0.25, 0.3) is 5.91 Å². The Morgan fingerprint density at radius 1 is 1.36 bits per heavy atom. The lowest BCUT2D eigenvalue weighted by Crippen LogP contribution is -2.42. The number of amides is 1. The highest BCUT2D eigenvalue weighted by molar-refractivity contribution is 6.42. The molecule has 1 fully saturated rings. The third kappa shape index (κ3) is 3.09. The molecule has 8 heteroatoms. The van der Waals surface area contributed by atoms with E-state index in [1.165, 1.54) is 0 Å². The number of aryl methyl sites for hydroxylation is 1. The van der Waals surface area contributed by atoms with Gasteiger partial charge >= 0.3 is 0 Å². The van der Waals surface area contributed by atoms with Crippen molar-refractivity contribution in [3.05, 3.63) is 45.5 Å². The molecule has 1 aromatic heterocycles. The molecule has 0 spiro atoms. The maximum atomic E-state index is 12.5. The maximum absolute atomic E-state index is 12.5. The van der Waals surface area contributed by atoms with Crippen LogP contribution in [0.2, 0.25) is 10.0 Å². The van der Waals surface area contributed by atoms with Crippen LogP contribution < -0.4 is 0 Å². The fourth-order valence-corrected chi connectivity index (χ4v) is 2.55. The monoisotopic (exact) mass is 341 g/mol. The van der Waals surface area contributed by atoms with Gasteiger partial charge in [-0.15, -0.1) is 0 Å². The first kappa shape index (κ1) is 15.3. The molecule has 1 atom stereocenters. The normalized spacial score (nSPS) is 18.5. The van der Waals surface area contributed by atoms with Gasteiger partial charge in [-0.2, -0.15) is 4.98 Å². The van der Waals surface area contributed by atoms with Gasteiger partial charge in [-0.1, -0.05) is 28.4 Å². The number of hydrogen-bond donors (Lipinski definition) is 0. The largest absolute Gasteiger partial charge is 0.366 e. The van der Waals surface area contributed by atoms with Crippen LogP contribution in [-0.2, 0) is 4.74 Å². The quantitative estimate of drug-likeness (QED) is 0.839. The first-order valence-corrected chi connectivity index (χ1v) is 7.46. The molecule has 6 nitrogen and oxygen atoms in total. The first-order valence-electron chi connectivity index (χ1n) is 6.71. The average Bonchev–Trinajstić information content (AvgIpc) is 2.96. The molecule has 1 aromatic carbocycles. The number of morpholine rings is 1. The third-order valence-electron chi connectivity index (χ3n) is 3.35. The van der Waals surface area contributed by atoms with Crippen molar-refractivity contribution in [1.29, 1.82) is 0 Å². The highest BCUT2D eigenvalue weighted by Gasteiger charge is 2.29. The molecule has 1 aliphatic heterocycles. The molecule has 2 heterocycles. The second kappa shape index (κ2) is 6.24. The number of carbonyl (C=O) groups is 1. The molecule has 0 bridgehead atoms. The zero-order valence-corrected chi connectivity index (χ0v) is 13.3. The Bertz CT molecular complexity index is 704. The van der Waals surface area contributed by atoms with Gasteiger partial charge in [-0.25, -0.2) is 0 Å². The summed E-state index contributed by atoms with van der Waals surface area (Å²) in [6.07, 6.45) is -0.391. The van der Waals surface area contributed by atoms with Gasteiger partial charge in [0.1, 0.15) is 6.10 Å². The Kier molecular flexibility index (Phi) is 4.33. The van der Waals surface area contributed by atoms with Gasteiger partial charge in [-0.05, 0) is 18.2 Å². The van der Waals surface area contributed by atoms with E-state index in [1.807, 2.05) is 0 Å². The zero-order valence-electron chi connectivity index (χ0n) is 11.8. The number of aromatic nitrogens is 2. The van der Waals surface area contributed by atoms with Crippen molar-refractivity contribution >= 4 is 29.1 Å². The summed E-state index contributed by atoms with van der Waals surface area (Å²) < 4.78 is 10.6. The summed E-state index contributed by atoms with van der Waals surface area (Å²) in [6.45, 7) is 2.97. The highest BCUT2D eigenvalue weighted by Crippen LogP contribution is 2.25. The lowest BCUT2D eigenvalue weighted by molar-refractivity contribution is -0.0276. The van der Waals surface area contributed by atoms with E-state index >= 15 is 0 Å². The number of nitrogens with zero attached hydrogens (tertiary/aromatic N) is 3. The zero-order chi connectivity index (χ0) is 15.7. The summed E-state index contributed by atoms with van der Waals surface area (Å²) in [5.74, 6) is 0.780. The number of halogens is 2. The van der Waals surface area contributed by atoms with E-state index in [2.05, 4.69) is 10.1 Å². The predicted molar refractivity (Wildman–Crippen MR) is 80.1 cm³/mol. The van der Waals surface area contributed by atoms with E-state index in [9.17, 15) is 4.79 Å². The van der Waals surface area contributed by atoms with Crippen molar-refractivity contribution in [2.45, 2.75) is 13.0 Å². The highest BCUT2D eigenvalue weighted by atomic mass is 35.5. The van der Waals surface area contributed by atoms with Crippen LogP contribution in [0, 0.1) is 6.92 Å². The fraction of sp³-hybridized carbons (Fsp3) is 0.357. The Morgan fingerprint density at radius 2 is 2.18 bits per heavy atom. The lowest BCUT2D eigenvalue weighted by atomic mass is 10.1. The number of ether oxygens (including phenoxy) is 1. The summed E-state index contributed by atoms with van der Waals surface area (Å²) >= 11 is 11.8. The van der Waals surface area contributed by atoms with Crippen molar-refractivity contribution in [3.63, 3.8) is 0 Å². The van der Waals surface area contributed by atoms with E-state index in [4.69, 9.17) is 32.5 Å². The molecule has 1 unspecified atom stereocenters. The molecular weight excluding hydrogens is 329 g/mol. The van der Waals surface area contributed by atoms with E-state index in [1.54, 1.807) is 30.0 Å². The Hall–Kier alpha value is -1.63. The van der Waals surface area contributed by atoms with Crippen LogP contribution in [0.15, 0.2) is 22.7 Å². The van der Waals surface area contributed by atoms with E-state index in [0.717, 1.165) is 0 Å². The van der Waals surface area contributed by atoms with Crippen LogP contribution in [0.1, 0.15) is 28.2 Å². The molecule has 1 saturated heterocycles. The molecular formula is C14H13Cl2N3O3. The van der Waals surface area contributed by atoms with Gasteiger partial charge in [-0.3, -0.25) is 4.79 Å². The first-order chi connectivity index (χ1) is 10.5. The molecule has 1 amide bonds. The van der Waals surface area contributed by atoms with Crippen LogP contribution in [0.3, 0.4) is 0 Å². The van der Waals surface area contributed by atoms with Crippen LogP contribution >= 0.6 is 23.2 Å². The molecule has 0 radical (unpaired) electrons. The van der Waals surface area contributed by atoms with Crippen LogP contribution in [0.5, 0.6) is 0 Å². The van der Waals surface area contributed by atoms with Gasteiger partial charge < -0.3 is 14.2 Å². The van der Waals surface area contributed by atoms with E-state index < -0.39 is 6.10 Å². The van der Waals surface area contributed by atoms with Crippen molar-refractivity contribution in [2.75, 3.05) is 19.7 Å². The van der Waals surface area contributed by atoms with Crippen LogP contribution in [-0.4, -0.2) is 40.6 Å². The standard InChI is InChI=1S/C14H13Cl2N3O3/c1-8-17-13(18-22-8)12-7-19(4-5-21-12)14(20)9-2-3-10(15)11(16)6-9/h2-3,6,12H,4-5,7H2,1H3. The minimum absolute atomic E-state index is 0.132. The Morgan fingerprint density at radius 3 is 2.86 bits per heavy atom. The maximum Gasteiger partial charge on any atom is 0.254 e. The molecule has 3 rings (SSSR count). The molecule has 22 heavy (non-hydrogen) atoms. The summed E-state index contributed by atoms with van der Waals surface area (Å²) in [5, 5.41) is 4.61. The van der Waals surface area contributed by atoms with Crippen molar-refractivity contribution in [1.82, 2.24) is 15.0 Å². The van der Waals surface area contributed by atoms with Crippen LogP contribution in [0.4, 0.5) is 0 Å². The second-order valence-corrected chi connectivity index (χ2v) is 5.73. The molecule has 116 valence electrons. The minimum atomic E-state index is -0.391. The Labute approximate surface area is 136 Å². The lowest BCUT2D eigenvalue weighted by Gasteiger charge is -2.31. The number of rotatable bonds is 2. The second-order valence-electron chi connectivity index (χ2n) is 4.91. The minimum Gasteiger partial charge on any atom is -0.366 e. The SMILES string of the molecule is Cc1nc(C2CN(C(=O)c3ccc(Cl)c(Cl)c3)CCO2)no1. The number of carbonyl (C=O) groups excluding carboxylic acids is 1. The smallest absolute Gasteiger partial charge is 0.254 e. The predicted octanol–water partition coefficient (Wildman–Crippen LogP) is 2.90. The van der Waals surface area contributed by atoms with Gasteiger partial charge in [0.15, 0.2) is 0 Å². The van der Waals surface area contributed by atoms with Crippen molar-refractivity contribution < 1.29 is 14.1 Å². The Balaban J connectivity index is 1.76. The van der Waals surface area contributed by atoms with Gasteiger partial charge in [0, 0.05) is 19.0 Å². The van der Waals surface area contributed by atoms with E-state index in [-0.39, 0.29) is 5.91 Å². The summed E-state index contributed by atoms with van der Waals surface area (Å²) in [6, 6.07) is 4.83. The van der Waals surface area contributed by atoms with Gasteiger partial charge in [0.2, 0.25) is 11.7 Å². The molecule has 2 aromatic rings. The molecule has 1 aliphatic rings. The molecule has 0 saturated carbocycles. The topological polar surface area (TPSA) is 68.5 Å². The van der Waals surface area contributed by atoms with Crippen LogP contribution in [0.25, 0.3) is 0 Å². The van der Waals surface area contributed by atoms with Gasteiger partial charge in [0.05, 0.1) is 23.2 Å². The third-order valence-corrected chi connectivity index (χ3v) is 4.09. The summed E-state index contributed by atoms with van der Waals surface area (Å²) in [5.41, 5.74) is 0.486. The molecule has 0 N–H and O–H groups in total. The number of hydrogen-bond acceptors (Lipinski definition) is 5. The summed E-state index contributed by atoms with van der Waals surface area (Å²) in [4.78, 5) is 18.4. The van der Waals surface area contributed by atoms with E-state index in [0.29, 0.717) is 47.0 Å². The molecule has 0 aliphatic carbocycles. The number of benzene rings is 1. The summed E-state index contributed by atoms with van der Waals surface area (Å²) in [7, 11) is 0. The average molecular weight is 342 g/mol.